The number of Topliss-reactive ketones (excluding diaryl/α,β-unsaturated/α-hetero) is 1. The Labute approximate surface area is 234 Å². The van der Waals surface area contributed by atoms with Crippen molar-refractivity contribution in [1.82, 2.24) is 5.32 Å². The van der Waals surface area contributed by atoms with Crippen molar-refractivity contribution in [3.8, 4) is 5.75 Å². The van der Waals surface area contributed by atoms with E-state index in [0.29, 0.717) is 29.8 Å². The number of phenolic OH excluding ortho intramolecular Hbond substituents is 1. The van der Waals surface area contributed by atoms with Crippen LogP contribution in [0.1, 0.15) is 39.5 Å². The largest absolute Gasteiger partial charge is 0.508 e. The van der Waals surface area contributed by atoms with Crippen LogP contribution in [0.3, 0.4) is 0 Å². The Morgan fingerprint density at radius 1 is 0.795 bits per heavy atom. The number of ketones is 1. The molecule has 4 aromatic carbocycles. The van der Waals surface area contributed by atoms with Gasteiger partial charge in [-0.1, -0.05) is 97.9 Å². The predicted molar refractivity (Wildman–Crippen MR) is 157 cm³/mol. The monoisotopic (exact) mass is 539 g/mol. The van der Waals surface area contributed by atoms with Gasteiger partial charge in [0.05, 0.1) is 4.75 Å². The van der Waals surface area contributed by atoms with Gasteiger partial charge in [0, 0.05) is 17.9 Å². The Morgan fingerprint density at radius 3 is 1.85 bits per heavy atom. The van der Waals surface area contributed by atoms with Crippen LogP contribution in [0.4, 0.5) is 0 Å². The van der Waals surface area contributed by atoms with E-state index in [4.69, 9.17) is 4.74 Å². The maximum atomic E-state index is 12.5. The van der Waals surface area contributed by atoms with Crippen LogP contribution < -0.4 is 5.32 Å². The molecule has 0 atom stereocenters. The van der Waals surface area contributed by atoms with Crippen molar-refractivity contribution < 1.29 is 19.4 Å². The number of carbonyl (C=O) groups is 2. The van der Waals surface area contributed by atoms with Gasteiger partial charge < -0.3 is 15.2 Å². The Kier molecular flexibility index (Phi) is 9.95. The molecule has 2 N–H and O–H groups in total. The average Bonchev–Trinajstić information content (AvgIpc) is 2.99. The van der Waals surface area contributed by atoms with E-state index in [1.54, 1.807) is 23.9 Å². The molecule has 1 amide bonds. The Hall–Kier alpha value is -3.87. The molecule has 0 unspecified atom stereocenters. The second-order valence-electron chi connectivity index (χ2n) is 9.09. The number of amides is 1. The third kappa shape index (κ3) is 6.96. The second kappa shape index (κ2) is 13.8. The smallest absolute Gasteiger partial charge is 0.246 e. The first kappa shape index (κ1) is 28.1. The molecule has 0 aromatic heterocycles. The molecule has 0 fully saturated rings. The average molecular weight is 540 g/mol. The number of benzene rings is 4. The quantitative estimate of drug-likeness (QED) is 0.124. The summed E-state index contributed by atoms with van der Waals surface area (Å²) in [7, 11) is 0. The molecule has 0 aliphatic rings. The van der Waals surface area contributed by atoms with Crippen LogP contribution in [0, 0.1) is 0 Å². The zero-order valence-corrected chi connectivity index (χ0v) is 22.8. The lowest BCUT2D eigenvalue weighted by atomic mass is 9.84. The number of hydrogen-bond donors (Lipinski definition) is 2. The Morgan fingerprint density at radius 2 is 1.33 bits per heavy atom. The van der Waals surface area contributed by atoms with Gasteiger partial charge in [-0.15, -0.1) is 11.8 Å². The van der Waals surface area contributed by atoms with Crippen LogP contribution in [0.2, 0.25) is 0 Å². The van der Waals surface area contributed by atoms with E-state index in [1.165, 1.54) is 22.8 Å². The summed E-state index contributed by atoms with van der Waals surface area (Å²) in [4.78, 5) is 24.9. The molecular weight excluding hydrogens is 506 g/mol. The maximum Gasteiger partial charge on any atom is 0.246 e. The van der Waals surface area contributed by atoms with Crippen LogP contribution in [0.5, 0.6) is 5.75 Å². The lowest BCUT2D eigenvalue weighted by Crippen LogP contribution is -2.32. The fourth-order valence-corrected chi connectivity index (χ4v) is 5.99. The van der Waals surface area contributed by atoms with Crippen LogP contribution in [-0.2, 0) is 20.7 Å². The molecular formula is C33H33NO4S. The van der Waals surface area contributed by atoms with Crippen molar-refractivity contribution in [3.63, 3.8) is 0 Å². The first-order valence-corrected chi connectivity index (χ1v) is 14.0. The molecule has 39 heavy (non-hydrogen) atoms. The highest BCUT2D eigenvalue weighted by molar-refractivity contribution is 8.00. The third-order valence-corrected chi connectivity index (χ3v) is 8.08. The number of phenols is 1. The van der Waals surface area contributed by atoms with Gasteiger partial charge in [-0.3, -0.25) is 9.59 Å². The molecule has 4 rings (SSSR count). The fraction of sp³-hybridized carbons (Fsp3) is 0.212. The summed E-state index contributed by atoms with van der Waals surface area (Å²) in [6.45, 7) is 1.96. The highest BCUT2D eigenvalue weighted by Gasteiger charge is 2.36. The molecule has 5 nitrogen and oxygen atoms in total. The number of carbonyl (C=O) groups excluding carboxylic acids is 2. The predicted octanol–water partition coefficient (Wildman–Crippen LogP) is 6.00. The van der Waals surface area contributed by atoms with Gasteiger partial charge in [0.25, 0.3) is 0 Å². The molecule has 4 aromatic rings. The SMILES string of the molecule is CCc1cc(C(=O)COCC(=O)NCCSC(c2ccccc2)(c2ccccc2)c2ccccc2)ccc1O. The number of nitrogens with one attached hydrogen (secondary N) is 1. The van der Waals surface area contributed by atoms with Gasteiger partial charge in [-0.2, -0.15) is 0 Å². The summed E-state index contributed by atoms with van der Waals surface area (Å²) >= 11 is 1.77. The number of rotatable bonds is 13. The second-order valence-corrected chi connectivity index (χ2v) is 10.4. The highest BCUT2D eigenvalue weighted by atomic mass is 32.2. The lowest BCUT2D eigenvalue weighted by molar-refractivity contribution is -0.125. The number of aryl methyl sites for hydroxylation is 1. The van der Waals surface area contributed by atoms with Crippen molar-refractivity contribution >= 4 is 23.5 Å². The van der Waals surface area contributed by atoms with Crippen LogP contribution in [0.25, 0.3) is 0 Å². The van der Waals surface area contributed by atoms with Gasteiger partial charge in [-0.25, -0.2) is 0 Å². The van der Waals surface area contributed by atoms with Gasteiger partial charge in [0.1, 0.15) is 19.0 Å². The molecule has 0 heterocycles. The van der Waals surface area contributed by atoms with Crippen LogP contribution in [-0.4, -0.2) is 42.3 Å². The molecule has 0 aliphatic heterocycles. The van der Waals surface area contributed by atoms with Gasteiger partial charge in [0.15, 0.2) is 5.78 Å². The summed E-state index contributed by atoms with van der Waals surface area (Å²) < 4.78 is 4.94. The van der Waals surface area contributed by atoms with E-state index in [-0.39, 0.29) is 30.7 Å². The van der Waals surface area contributed by atoms with E-state index in [2.05, 4.69) is 78.1 Å². The third-order valence-electron chi connectivity index (χ3n) is 6.53. The van der Waals surface area contributed by atoms with Crippen molar-refractivity contribution in [2.24, 2.45) is 0 Å². The summed E-state index contributed by atoms with van der Waals surface area (Å²) in [5.41, 5.74) is 4.66. The van der Waals surface area contributed by atoms with Crippen LogP contribution >= 0.6 is 11.8 Å². The number of hydrogen-bond acceptors (Lipinski definition) is 5. The molecule has 200 valence electrons. The molecule has 0 bridgehead atoms. The lowest BCUT2D eigenvalue weighted by Gasteiger charge is -2.35. The molecule has 6 heteroatoms. The van der Waals surface area contributed by atoms with E-state index in [9.17, 15) is 14.7 Å². The normalized spacial score (nSPS) is 11.2. The summed E-state index contributed by atoms with van der Waals surface area (Å²) in [5.74, 6) is 0.332. The zero-order valence-electron chi connectivity index (χ0n) is 22.0. The Bertz CT molecular complexity index is 1260. The molecule has 0 spiro atoms. The topological polar surface area (TPSA) is 75.6 Å². The minimum Gasteiger partial charge on any atom is -0.508 e. The minimum absolute atomic E-state index is 0.169. The van der Waals surface area contributed by atoms with E-state index < -0.39 is 4.75 Å². The first-order valence-electron chi connectivity index (χ1n) is 13.0. The summed E-state index contributed by atoms with van der Waals surface area (Å²) in [6.07, 6.45) is 0.619. The van der Waals surface area contributed by atoms with Gasteiger partial charge >= 0.3 is 0 Å². The van der Waals surface area contributed by atoms with Gasteiger partial charge in [-0.05, 0) is 46.9 Å². The van der Waals surface area contributed by atoms with Crippen molar-refractivity contribution in [2.45, 2.75) is 18.1 Å². The number of aromatic hydroxyl groups is 1. The van der Waals surface area contributed by atoms with Crippen molar-refractivity contribution in [3.05, 3.63) is 137 Å². The molecule has 0 saturated carbocycles. The van der Waals surface area contributed by atoms with Crippen LogP contribution in [0.15, 0.2) is 109 Å². The van der Waals surface area contributed by atoms with E-state index in [0.717, 1.165) is 0 Å². The summed E-state index contributed by atoms with van der Waals surface area (Å²) in [5, 5.41) is 12.7. The van der Waals surface area contributed by atoms with E-state index in [1.807, 2.05) is 25.1 Å². The molecule has 0 aliphatic carbocycles. The maximum absolute atomic E-state index is 12.5. The summed E-state index contributed by atoms with van der Waals surface area (Å²) in [6, 6.07) is 36.0. The molecule has 0 radical (unpaired) electrons. The van der Waals surface area contributed by atoms with Gasteiger partial charge in [0.2, 0.25) is 5.91 Å². The van der Waals surface area contributed by atoms with E-state index >= 15 is 0 Å². The standard InChI is InChI=1S/C33H33NO4S/c1-2-25-22-26(18-19-30(25)35)31(36)23-38-24-32(37)34-20-21-39-33(27-12-6-3-7-13-27,28-14-8-4-9-15-28)29-16-10-5-11-17-29/h3-19,22,35H,2,20-21,23-24H2,1H3,(H,34,37). The fourth-order valence-electron chi connectivity index (χ4n) is 4.58. The molecule has 0 saturated heterocycles. The van der Waals surface area contributed by atoms with Crippen molar-refractivity contribution in [1.29, 1.82) is 0 Å². The highest BCUT2D eigenvalue weighted by Crippen LogP contribution is 2.48. The minimum atomic E-state index is -0.446. The van der Waals surface area contributed by atoms with Crippen molar-refractivity contribution in [2.75, 3.05) is 25.5 Å². The Balaban J connectivity index is 1.37. The first-order chi connectivity index (χ1) is 19.0. The zero-order chi connectivity index (χ0) is 27.5. The number of thioether (sulfide) groups is 1. The number of ether oxygens (including phenoxy) is 1.